The molecule has 1 N–H and O–H groups in total. The van der Waals surface area contributed by atoms with E-state index in [4.69, 9.17) is 4.98 Å². The van der Waals surface area contributed by atoms with Crippen molar-refractivity contribution >= 4 is 15.9 Å². The number of carbonyl (C=O) groups is 1. The molecule has 2 aliphatic carbocycles. The third kappa shape index (κ3) is 3.76. The normalized spacial score (nSPS) is 25.2. The number of hydrogen-bond donors (Lipinski definition) is 1. The Balaban J connectivity index is 0.844. The summed E-state index contributed by atoms with van der Waals surface area (Å²) in [5.41, 5.74) is 1.67. The van der Waals surface area contributed by atoms with E-state index in [2.05, 4.69) is 15.1 Å². The molecule has 2 saturated carbocycles. The van der Waals surface area contributed by atoms with Crippen LogP contribution in [0.2, 0.25) is 0 Å². The smallest absolute Gasteiger partial charge is 0.320 e. The van der Waals surface area contributed by atoms with Crippen LogP contribution in [0, 0.1) is 10.8 Å². The lowest BCUT2D eigenvalue weighted by Gasteiger charge is -2.63. The molecule has 1 aromatic carbocycles. The summed E-state index contributed by atoms with van der Waals surface area (Å²) in [5, 5.41) is 7.58. The number of carbonyl (C=O) groups excluding carboxylic acids is 1. The van der Waals surface area contributed by atoms with Crippen molar-refractivity contribution in [2.75, 3.05) is 45.5 Å². The summed E-state index contributed by atoms with van der Waals surface area (Å²) in [4.78, 5) is 24.4. The van der Waals surface area contributed by atoms with Gasteiger partial charge in [0.15, 0.2) is 15.7 Å². The first-order valence-electron chi connectivity index (χ1n) is 12.7. The van der Waals surface area contributed by atoms with Crippen molar-refractivity contribution in [2.24, 2.45) is 10.8 Å². The van der Waals surface area contributed by atoms with Crippen molar-refractivity contribution in [3.8, 4) is 0 Å². The highest BCUT2D eigenvalue weighted by atomic mass is 32.2. The minimum absolute atomic E-state index is 0.202. The zero-order valence-corrected chi connectivity index (χ0v) is 20.9. The number of nitrogens with zero attached hydrogens (tertiary/aromatic N) is 5. The maximum absolute atomic E-state index is 12.9. The van der Waals surface area contributed by atoms with Crippen LogP contribution in [0.4, 0.5) is 4.79 Å². The predicted octanol–water partition coefficient (Wildman–Crippen LogP) is 2.20. The first-order valence-corrected chi connectivity index (χ1v) is 14.6. The minimum atomic E-state index is -3.15. The Morgan fingerprint density at radius 3 is 2.20 bits per heavy atom. The Hall–Kier alpha value is -2.46. The van der Waals surface area contributed by atoms with E-state index in [1.54, 1.807) is 12.1 Å². The summed E-state index contributed by atoms with van der Waals surface area (Å²) in [7, 11) is -3.15. The fraction of sp³-hybridized carbons (Fsp3) is 0.640. The number of rotatable bonds is 5. The molecule has 3 aliphatic heterocycles. The molecule has 5 aliphatic rings. The first kappa shape index (κ1) is 21.8. The van der Waals surface area contributed by atoms with Crippen LogP contribution in [0.5, 0.6) is 0 Å². The van der Waals surface area contributed by atoms with E-state index in [-0.39, 0.29) is 11.4 Å². The Kier molecular flexibility index (Phi) is 4.54. The molecule has 0 radical (unpaired) electrons. The Morgan fingerprint density at radius 1 is 0.971 bits per heavy atom. The van der Waals surface area contributed by atoms with Crippen molar-refractivity contribution in [2.45, 2.75) is 49.0 Å². The van der Waals surface area contributed by atoms with E-state index in [9.17, 15) is 13.2 Å². The van der Waals surface area contributed by atoms with Gasteiger partial charge in [0, 0.05) is 74.7 Å². The molecule has 2 amide bonds. The van der Waals surface area contributed by atoms with Gasteiger partial charge in [-0.3, -0.25) is 10.00 Å². The molecule has 0 bridgehead atoms. The second-order valence-corrected chi connectivity index (χ2v) is 14.0. The summed E-state index contributed by atoms with van der Waals surface area (Å²) in [5.74, 6) is 3.11. The molecule has 10 heteroatoms. The van der Waals surface area contributed by atoms with E-state index in [0.29, 0.717) is 22.1 Å². The summed E-state index contributed by atoms with van der Waals surface area (Å²) in [6, 6.07) is 7.37. The van der Waals surface area contributed by atoms with Crippen molar-refractivity contribution in [1.29, 1.82) is 0 Å². The number of aromatic nitrogens is 3. The molecule has 3 saturated heterocycles. The minimum Gasteiger partial charge on any atom is -0.323 e. The highest BCUT2D eigenvalue weighted by Crippen LogP contribution is 2.56. The number of hydrogen-bond acceptors (Lipinski definition) is 6. The van der Waals surface area contributed by atoms with Crippen LogP contribution in [0.3, 0.4) is 0 Å². The fourth-order valence-corrected chi connectivity index (χ4v) is 7.38. The highest BCUT2D eigenvalue weighted by molar-refractivity contribution is 7.90. The van der Waals surface area contributed by atoms with E-state index < -0.39 is 9.84 Å². The third-order valence-corrected chi connectivity index (χ3v) is 9.86. The summed E-state index contributed by atoms with van der Waals surface area (Å²) in [6.45, 7) is 6.27. The number of benzene rings is 1. The van der Waals surface area contributed by atoms with Crippen LogP contribution in [0.25, 0.3) is 0 Å². The lowest BCUT2D eigenvalue weighted by Crippen LogP contribution is -2.75. The van der Waals surface area contributed by atoms with E-state index in [1.807, 2.05) is 21.9 Å². The van der Waals surface area contributed by atoms with Crippen molar-refractivity contribution in [3.05, 3.63) is 41.5 Å². The largest absolute Gasteiger partial charge is 0.323 e. The maximum Gasteiger partial charge on any atom is 0.320 e. The standard InChI is InChI=1S/C25H32N6O3S/c1-35(33,34)20-6-2-17(3-7-20)10-29-11-25(12-29)15-31(16-25)23(32)30-13-24(14-30)8-19(9-24)22-26-21(27-28-22)18-4-5-18/h2-3,6-7,18-19H,4-5,8-16H2,1H3,(H,26,27,28). The Labute approximate surface area is 205 Å². The van der Waals surface area contributed by atoms with Gasteiger partial charge in [-0.25, -0.2) is 18.2 Å². The molecule has 4 heterocycles. The summed E-state index contributed by atoms with van der Waals surface area (Å²) >= 11 is 0. The topological polar surface area (TPSA) is 103 Å². The molecule has 0 unspecified atom stereocenters. The predicted molar refractivity (Wildman–Crippen MR) is 129 cm³/mol. The molecule has 5 fully saturated rings. The fourth-order valence-electron chi connectivity index (χ4n) is 6.75. The molecule has 35 heavy (non-hydrogen) atoms. The molecule has 2 spiro atoms. The average molecular weight is 497 g/mol. The number of nitrogens with one attached hydrogen (secondary N) is 1. The summed E-state index contributed by atoms with van der Waals surface area (Å²) < 4.78 is 23.2. The molecular formula is C25H32N6O3S. The van der Waals surface area contributed by atoms with Gasteiger partial charge in [0.05, 0.1) is 4.90 Å². The Morgan fingerprint density at radius 2 is 1.60 bits per heavy atom. The molecule has 2 aromatic rings. The highest BCUT2D eigenvalue weighted by Gasteiger charge is 2.58. The quantitative estimate of drug-likeness (QED) is 0.681. The molecule has 0 atom stereocenters. The van der Waals surface area contributed by atoms with Crippen LogP contribution < -0.4 is 0 Å². The van der Waals surface area contributed by atoms with Gasteiger partial charge in [-0.15, -0.1) is 0 Å². The van der Waals surface area contributed by atoms with Gasteiger partial charge < -0.3 is 9.80 Å². The number of sulfone groups is 1. The summed E-state index contributed by atoms with van der Waals surface area (Å²) in [6.07, 6.45) is 5.90. The molecule has 186 valence electrons. The van der Waals surface area contributed by atoms with Crippen molar-refractivity contribution in [1.82, 2.24) is 29.9 Å². The second-order valence-electron chi connectivity index (χ2n) is 12.0. The van der Waals surface area contributed by atoms with E-state index in [1.165, 1.54) is 19.1 Å². The second kappa shape index (κ2) is 7.29. The van der Waals surface area contributed by atoms with Gasteiger partial charge >= 0.3 is 6.03 Å². The Bertz CT molecular complexity index is 1260. The number of urea groups is 1. The first-order chi connectivity index (χ1) is 16.7. The lowest BCUT2D eigenvalue weighted by atomic mass is 9.57. The number of aromatic amines is 1. The van der Waals surface area contributed by atoms with E-state index in [0.717, 1.165) is 75.9 Å². The number of likely N-dealkylation sites (tertiary alicyclic amines) is 3. The third-order valence-electron chi connectivity index (χ3n) is 8.73. The molecular weight excluding hydrogens is 464 g/mol. The molecule has 1 aromatic heterocycles. The zero-order valence-electron chi connectivity index (χ0n) is 20.1. The lowest BCUT2D eigenvalue weighted by molar-refractivity contribution is -0.116. The monoisotopic (exact) mass is 496 g/mol. The van der Waals surface area contributed by atoms with Crippen LogP contribution in [0.1, 0.15) is 54.7 Å². The van der Waals surface area contributed by atoms with Crippen LogP contribution in [-0.4, -0.2) is 89.9 Å². The van der Waals surface area contributed by atoms with Crippen molar-refractivity contribution in [3.63, 3.8) is 0 Å². The van der Waals surface area contributed by atoms with Crippen LogP contribution >= 0.6 is 0 Å². The SMILES string of the molecule is CS(=O)(=O)c1ccc(CN2CC3(C2)CN(C(=O)N2CC4(CC(c5n[nH]c(C6CC6)n5)C4)C2)C3)cc1. The number of H-pyrrole nitrogens is 1. The average Bonchev–Trinajstić information content (AvgIpc) is 3.44. The van der Waals surface area contributed by atoms with Gasteiger partial charge in [0.25, 0.3) is 0 Å². The maximum atomic E-state index is 12.9. The van der Waals surface area contributed by atoms with Gasteiger partial charge in [0.2, 0.25) is 0 Å². The zero-order chi connectivity index (χ0) is 24.0. The van der Waals surface area contributed by atoms with Gasteiger partial charge in [-0.2, -0.15) is 5.10 Å². The molecule has 9 nitrogen and oxygen atoms in total. The van der Waals surface area contributed by atoms with Gasteiger partial charge in [-0.05, 0) is 43.4 Å². The number of amides is 2. The van der Waals surface area contributed by atoms with Crippen LogP contribution in [-0.2, 0) is 16.4 Å². The van der Waals surface area contributed by atoms with Gasteiger partial charge in [0.1, 0.15) is 5.82 Å². The van der Waals surface area contributed by atoms with Crippen LogP contribution in [0.15, 0.2) is 29.2 Å². The van der Waals surface area contributed by atoms with Crippen molar-refractivity contribution < 1.29 is 13.2 Å². The van der Waals surface area contributed by atoms with Gasteiger partial charge in [-0.1, -0.05) is 12.1 Å². The molecule has 7 rings (SSSR count). The van der Waals surface area contributed by atoms with E-state index >= 15 is 0 Å².